The maximum absolute atomic E-state index is 12.4. The summed E-state index contributed by atoms with van der Waals surface area (Å²) in [6.45, 7) is 0.594. The zero-order valence-electron chi connectivity index (χ0n) is 15.1. The highest BCUT2D eigenvalue weighted by Gasteiger charge is 2.18. The minimum absolute atomic E-state index is 0.0515. The number of carbonyl (C=O) groups excluding carboxylic acids is 1. The van der Waals surface area contributed by atoms with Crippen LogP contribution in [0.15, 0.2) is 48.5 Å². The summed E-state index contributed by atoms with van der Waals surface area (Å²) in [6, 6.07) is 15.1. The third-order valence-corrected chi connectivity index (χ3v) is 4.18. The molecule has 1 unspecified atom stereocenters. The first-order valence-corrected chi connectivity index (χ1v) is 8.30. The Kier molecular flexibility index (Phi) is 6.83. The molecule has 0 spiro atoms. The van der Waals surface area contributed by atoms with E-state index < -0.39 is 6.04 Å². The first-order valence-electron chi connectivity index (χ1n) is 8.30. The predicted molar refractivity (Wildman–Crippen MR) is 99.0 cm³/mol. The molecule has 2 rings (SSSR count). The molecule has 5 nitrogen and oxygen atoms in total. The zero-order chi connectivity index (χ0) is 18.2. The fraction of sp³-hybridized carbons (Fsp3) is 0.350. The largest absolute Gasteiger partial charge is 0.493 e. The first-order chi connectivity index (χ1) is 12.0. The number of nitrogens with two attached hydrogens (primary N) is 1. The number of hydrogen-bond acceptors (Lipinski definition) is 4. The van der Waals surface area contributed by atoms with Crippen molar-refractivity contribution < 1.29 is 14.3 Å². The molecular formula is C20H26N2O3. The Morgan fingerprint density at radius 1 is 1.04 bits per heavy atom. The van der Waals surface area contributed by atoms with Gasteiger partial charge in [0.2, 0.25) is 5.91 Å². The van der Waals surface area contributed by atoms with Crippen LogP contribution in [0.25, 0.3) is 0 Å². The van der Waals surface area contributed by atoms with Crippen LogP contribution in [-0.4, -0.2) is 44.7 Å². The van der Waals surface area contributed by atoms with Crippen LogP contribution in [0.2, 0.25) is 0 Å². The van der Waals surface area contributed by atoms with Gasteiger partial charge in [-0.1, -0.05) is 36.4 Å². The molecule has 134 valence electrons. The molecule has 0 aliphatic rings. The molecule has 5 heteroatoms. The van der Waals surface area contributed by atoms with Crippen molar-refractivity contribution in [3.8, 4) is 11.5 Å². The van der Waals surface area contributed by atoms with Crippen LogP contribution in [-0.2, 0) is 17.6 Å². The third-order valence-electron chi connectivity index (χ3n) is 4.18. The maximum Gasteiger partial charge on any atom is 0.239 e. The molecule has 2 aromatic carbocycles. The van der Waals surface area contributed by atoms with Gasteiger partial charge < -0.3 is 20.1 Å². The number of amides is 1. The lowest BCUT2D eigenvalue weighted by Gasteiger charge is -2.21. The summed E-state index contributed by atoms with van der Waals surface area (Å²) in [6.07, 6.45) is 1.26. The highest BCUT2D eigenvalue weighted by atomic mass is 16.5. The van der Waals surface area contributed by atoms with Gasteiger partial charge in [-0.25, -0.2) is 0 Å². The van der Waals surface area contributed by atoms with E-state index >= 15 is 0 Å². The molecule has 0 fully saturated rings. The topological polar surface area (TPSA) is 64.8 Å². The maximum atomic E-state index is 12.4. The van der Waals surface area contributed by atoms with E-state index in [1.54, 1.807) is 26.2 Å². The fourth-order valence-corrected chi connectivity index (χ4v) is 2.68. The van der Waals surface area contributed by atoms with Crippen LogP contribution in [0.1, 0.15) is 11.1 Å². The van der Waals surface area contributed by atoms with Crippen molar-refractivity contribution in [2.24, 2.45) is 5.73 Å². The molecule has 0 bridgehead atoms. The van der Waals surface area contributed by atoms with Gasteiger partial charge in [-0.15, -0.1) is 0 Å². The summed E-state index contributed by atoms with van der Waals surface area (Å²) in [7, 11) is 5.01. The smallest absolute Gasteiger partial charge is 0.239 e. The summed E-state index contributed by atoms with van der Waals surface area (Å²) in [5.74, 6) is 1.33. The number of hydrogen-bond donors (Lipinski definition) is 1. The van der Waals surface area contributed by atoms with Crippen LogP contribution < -0.4 is 15.2 Å². The van der Waals surface area contributed by atoms with E-state index in [-0.39, 0.29) is 5.91 Å². The van der Waals surface area contributed by atoms with Gasteiger partial charge >= 0.3 is 0 Å². The number of nitrogens with zero attached hydrogens (tertiary/aromatic N) is 1. The molecule has 0 aliphatic carbocycles. The summed E-state index contributed by atoms with van der Waals surface area (Å²) < 4.78 is 10.5. The van der Waals surface area contributed by atoms with Gasteiger partial charge in [0.05, 0.1) is 20.3 Å². The van der Waals surface area contributed by atoms with Gasteiger partial charge in [-0.2, -0.15) is 0 Å². The lowest BCUT2D eigenvalue weighted by Crippen LogP contribution is -2.43. The number of rotatable bonds is 8. The number of carbonyl (C=O) groups is 1. The van der Waals surface area contributed by atoms with E-state index in [9.17, 15) is 4.79 Å². The summed E-state index contributed by atoms with van der Waals surface area (Å²) >= 11 is 0. The van der Waals surface area contributed by atoms with Crippen LogP contribution in [0.5, 0.6) is 11.5 Å². The molecule has 0 saturated heterocycles. The molecule has 0 heterocycles. The monoisotopic (exact) mass is 342 g/mol. The van der Waals surface area contributed by atoms with Crippen LogP contribution in [0.3, 0.4) is 0 Å². The summed E-state index contributed by atoms with van der Waals surface area (Å²) in [4.78, 5) is 14.1. The van der Waals surface area contributed by atoms with Gasteiger partial charge in [-0.3, -0.25) is 4.79 Å². The molecule has 1 atom stereocenters. The number of benzene rings is 2. The Morgan fingerprint density at radius 3 is 2.36 bits per heavy atom. The summed E-state index contributed by atoms with van der Waals surface area (Å²) in [5.41, 5.74) is 8.22. The van der Waals surface area contributed by atoms with Crippen molar-refractivity contribution in [2.45, 2.75) is 18.9 Å². The Bertz CT molecular complexity index is 689. The molecule has 1 amide bonds. The molecule has 0 aliphatic heterocycles. The highest BCUT2D eigenvalue weighted by molar-refractivity contribution is 5.81. The Morgan fingerprint density at radius 2 is 1.72 bits per heavy atom. The van der Waals surface area contributed by atoms with E-state index in [1.165, 1.54) is 0 Å². The van der Waals surface area contributed by atoms with Gasteiger partial charge in [0.25, 0.3) is 0 Å². The summed E-state index contributed by atoms with van der Waals surface area (Å²) in [5, 5.41) is 0. The van der Waals surface area contributed by atoms with Gasteiger partial charge in [0.15, 0.2) is 11.5 Å². The van der Waals surface area contributed by atoms with E-state index in [2.05, 4.69) is 0 Å². The standard InChI is InChI=1S/C20H26N2O3/c1-22(20(23)17(21)13-15-7-5-4-6-8-15)12-11-16-9-10-18(24-2)19(14-16)25-3/h4-10,14,17H,11-13,21H2,1-3H3. The Balaban J connectivity index is 1.90. The average Bonchev–Trinajstić information content (AvgIpc) is 2.65. The molecule has 2 aromatic rings. The van der Waals surface area contributed by atoms with Crippen molar-refractivity contribution in [1.29, 1.82) is 0 Å². The number of methoxy groups -OCH3 is 2. The van der Waals surface area contributed by atoms with Crippen molar-refractivity contribution in [1.82, 2.24) is 4.90 Å². The Labute approximate surface area is 149 Å². The van der Waals surface area contributed by atoms with E-state index in [4.69, 9.17) is 15.2 Å². The van der Waals surface area contributed by atoms with E-state index in [0.29, 0.717) is 24.5 Å². The van der Waals surface area contributed by atoms with Crippen LogP contribution in [0, 0.1) is 0 Å². The second-order valence-corrected chi connectivity index (χ2v) is 6.00. The van der Waals surface area contributed by atoms with E-state index in [1.807, 2.05) is 48.5 Å². The highest BCUT2D eigenvalue weighted by Crippen LogP contribution is 2.27. The molecule has 0 saturated carbocycles. The van der Waals surface area contributed by atoms with Gasteiger partial charge in [0.1, 0.15) is 0 Å². The van der Waals surface area contributed by atoms with Crippen molar-refractivity contribution >= 4 is 5.91 Å². The number of likely N-dealkylation sites (N-methyl/N-ethyl adjacent to an activating group) is 1. The minimum atomic E-state index is -0.530. The first kappa shape index (κ1) is 18.8. The second kappa shape index (κ2) is 9.08. The third kappa shape index (κ3) is 5.22. The van der Waals surface area contributed by atoms with Crippen molar-refractivity contribution in [3.63, 3.8) is 0 Å². The number of ether oxygens (including phenoxy) is 2. The molecule has 0 radical (unpaired) electrons. The van der Waals surface area contributed by atoms with Gasteiger partial charge in [-0.05, 0) is 36.1 Å². The molecule has 25 heavy (non-hydrogen) atoms. The van der Waals surface area contributed by atoms with Crippen LogP contribution in [0.4, 0.5) is 0 Å². The normalized spacial score (nSPS) is 11.7. The lowest BCUT2D eigenvalue weighted by molar-refractivity contribution is -0.131. The molecular weight excluding hydrogens is 316 g/mol. The Hall–Kier alpha value is -2.53. The SMILES string of the molecule is COc1ccc(CCN(C)C(=O)C(N)Cc2ccccc2)cc1OC. The van der Waals surface area contributed by atoms with Gasteiger partial charge in [0, 0.05) is 13.6 Å². The van der Waals surface area contributed by atoms with E-state index in [0.717, 1.165) is 17.5 Å². The lowest BCUT2D eigenvalue weighted by atomic mass is 10.1. The second-order valence-electron chi connectivity index (χ2n) is 6.00. The van der Waals surface area contributed by atoms with Crippen LogP contribution >= 0.6 is 0 Å². The average molecular weight is 342 g/mol. The van der Waals surface area contributed by atoms with Crippen molar-refractivity contribution in [2.75, 3.05) is 27.8 Å². The fourth-order valence-electron chi connectivity index (χ4n) is 2.68. The van der Waals surface area contributed by atoms with Crippen molar-refractivity contribution in [3.05, 3.63) is 59.7 Å². The minimum Gasteiger partial charge on any atom is -0.493 e. The zero-order valence-corrected chi connectivity index (χ0v) is 15.1. The molecule has 2 N–H and O–H groups in total. The predicted octanol–water partition coefficient (Wildman–Crippen LogP) is 2.27. The quantitative estimate of drug-likeness (QED) is 0.799. The molecule has 0 aromatic heterocycles.